The van der Waals surface area contributed by atoms with Crippen molar-refractivity contribution in [2.45, 2.75) is 28.5 Å². The lowest BCUT2D eigenvalue weighted by molar-refractivity contribution is 0.0821. The number of thioether (sulfide) groups is 1. The lowest BCUT2D eigenvalue weighted by Gasteiger charge is -2.26. The highest BCUT2D eigenvalue weighted by Gasteiger charge is 2.28. The second-order valence-electron chi connectivity index (χ2n) is 7.33. The molecule has 0 fully saturated rings. The summed E-state index contributed by atoms with van der Waals surface area (Å²) in [6.45, 7) is 4.69. The summed E-state index contributed by atoms with van der Waals surface area (Å²) in [5.74, 6) is 2.58. The van der Waals surface area contributed by atoms with Gasteiger partial charge in [-0.25, -0.2) is 12.7 Å². The summed E-state index contributed by atoms with van der Waals surface area (Å²) in [6.07, 6.45) is 1.39. The fourth-order valence-electron chi connectivity index (χ4n) is 3.25. The van der Waals surface area contributed by atoms with E-state index in [1.54, 1.807) is 24.3 Å². The highest BCUT2D eigenvalue weighted by Crippen LogP contribution is 2.36. The smallest absolute Gasteiger partial charge is 0.242 e. The molecule has 1 aromatic heterocycles. The number of benzene rings is 2. The first-order valence-electron chi connectivity index (χ1n) is 9.97. The van der Waals surface area contributed by atoms with Crippen molar-refractivity contribution < 1.29 is 17.9 Å². The van der Waals surface area contributed by atoms with E-state index in [1.165, 1.54) is 30.2 Å². The van der Waals surface area contributed by atoms with E-state index >= 15 is 0 Å². The summed E-state index contributed by atoms with van der Waals surface area (Å²) in [7, 11) is -0.448. The lowest BCUT2D eigenvalue weighted by atomic mass is 10.2. The SMILES string of the molecule is C=CCn1c(SCc2cccc(S(=O)(=O)N(C)C)c2)nnc1C1COc2ccccc2O1. The van der Waals surface area contributed by atoms with Gasteiger partial charge in [-0.05, 0) is 29.8 Å². The number of hydrogen-bond acceptors (Lipinski definition) is 7. The van der Waals surface area contributed by atoms with E-state index in [0.29, 0.717) is 41.4 Å². The molecule has 3 aromatic rings. The molecule has 168 valence electrons. The van der Waals surface area contributed by atoms with E-state index < -0.39 is 10.0 Å². The Morgan fingerprint density at radius 3 is 2.72 bits per heavy atom. The molecule has 0 saturated carbocycles. The van der Waals surface area contributed by atoms with Gasteiger partial charge in [0.15, 0.2) is 28.6 Å². The standard InChI is InChI=1S/C22H24N4O4S2/c1-4-12-26-21(20-14-29-18-10-5-6-11-19(18)30-20)23-24-22(26)31-15-16-8-7-9-17(13-16)32(27,28)25(2)3/h4-11,13,20H,1,12,14-15H2,2-3H3. The average Bonchev–Trinajstić information content (AvgIpc) is 3.20. The minimum atomic E-state index is -3.49. The third kappa shape index (κ3) is 4.52. The van der Waals surface area contributed by atoms with Crippen LogP contribution >= 0.6 is 11.8 Å². The largest absolute Gasteiger partial charge is 0.485 e. The molecule has 8 nitrogen and oxygen atoms in total. The molecule has 1 atom stereocenters. The zero-order chi connectivity index (χ0) is 22.7. The van der Waals surface area contributed by atoms with Gasteiger partial charge in [-0.1, -0.05) is 42.1 Å². The van der Waals surface area contributed by atoms with E-state index in [9.17, 15) is 8.42 Å². The van der Waals surface area contributed by atoms with Gasteiger partial charge < -0.3 is 9.47 Å². The van der Waals surface area contributed by atoms with Crippen LogP contribution in [0.1, 0.15) is 17.5 Å². The number of hydrogen-bond donors (Lipinski definition) is 0. The van der Waals surface area contributed by atoms with Crippen LogP contribution in [0.3, 0.4) is 0 Å². The predicted octanol–water partition coefficient (Wildman–Crippen LogP) is 3.52. The average molecular weight is 473 g/mol. The van der Waals surface area contributed by atoms with Gasteiger partial charge in [-0.15, -0.1) is 16.8 Å². The van der Waals surface area contributed by atoms with Crippen LogP contribution in [0.2, 0.25) is 0 Å². The van der Waals surface area contributed by atoms with Gasteiger partial charge in [0.1, 0.15) is 6.61 Å². The van der Waals surface area contributed by atoms with E-state index in [4.69, 9.17) is 9.47 Å². The van der Waals surface area contributed by atoms with Crippen molar-refractivity contribution in [3.05, 3.63) is 72.6 Å². The summed E-state index contributed by atoms with van der Waals surface area (Å²) in [6, 6.07) is 14.4. The second-order valence-corrected chi connectivity index (χ2v) is 10.4. The molecule has 0 radical (unpaired) electrons. The maximum atomic E-state index is 12.4. The Kier molecular flexibility index (Phi) is 6.54. The zero-order valence-electron chi connectivity index (χ0n) is 17.8. The first-order valence-corrected chi connectivity index (χ1v) is 12.4. The van der Waals surface area contributed by atoms with Crippen LogP contribution in [0.4, 0.5) is 0 Å². The molecule has 1 aliphatic rings. The van der Waals surface area contributed by atoms with Crippen LogP contribution in [0, 0.1) is 0 Å². The van der Waals surface area contributed by atoms with Gasteiger partial charge >= 0.3 is 0 Å². The first-order chi connectivity index (χ1) is 15.4. The Balaban J connectivity index is 1.53. The summed E-state index contributed by atoms with van der Waals surface area (Å²) in [5.41, 5.74) is 0.874. The second kappa shape index (κ2) is 9.35. The zero-order valence-corrected chi connectivity index (χ0v) is 19.5. The Morgan fingerprint density at radius 1 is 1.19 bits per heavy atom. The molecular weight excluding hydrogens is 448 g/mol. The molecule has 0 spiro atoms. The molecule has 1 aliphatic heterocycles. The van der Waals surface area contributed by atoms with Crippen molar-refractivity contribution in [2.75, 3.05) is 20.7 Å². The summed E-state index contributed by atoms with van der Waals surface area (Å²) >= 11 is 1.48. The fraction of sp³-hybridized carbons (Fsp3) is 0.273. The van der Waals surface area contributed by atoms with Crippen LogP contribution in [0.5, 0.6) is 11.5 Å². The van der Waals surface area contributed by atoms with Crippen LogP contribution in [0.15, 0.2) is 71.2 Å². The third-order valence-corrected chi connectivity index (χ3v) is 7.75. The third-order valence-electron chi connectivity index (χ3n) is 4.90. The first kappa shape index (κ1) is 22.4. The number of ether oxygens (including phenoxy) is 2. The van der Waals surface area contributed by atoms with Crippen molar-refractivity contribution in [3.63, 3.8) is 0 Å². The molecule has 0 bridgehead atoms. The number of para-hydroxylation sites is 2. The van der Waals surface area contributed by atoms with Crippen molar-refractivity contribution in [1.82, 2.24) is 19.1 Å². The lowest BCUT2D eigenvalue weighted by Crippen LogP contribution is -2.25. The Hall–Kier alpha value is -2.82. The number of sulfonamides is 1. The molecule has 0 saturated heterocycles. The molecule has 2 heterocycles. The minimum absolute atomic E-state index is 0.264. The maximum absolute atomic E-state index is 12.4. The molecule has 10 heteroatoms. The van der Waals surface area contributed by atoms with E-state index in [0.717, 1.165) is 5.56 Å². The summed E-state index contributed by atoms with van der Waals surface area (Å²) < 4.78 is 39.9. The normalized spacial score (nSPS) is 15.7. The highest BCUT2D eigenvalue weighted by atomic mass is 32.2. The van der Waals surface area contributed by atoms with Gasteiger partial charge in [0, 0.05) is 26.4 Å². The highest BCUT2D eigenvalue weighted by molar-refractivity contribution is 7.98. The van der Waals surface area contributed by atoms with Crippen molar-refractivity contribution >= 4 is 21.8 Å². The number of allylic oxidation sites excluding steroid dienone is 1. The van der Waals surface area contributed by atoms with Gasteiger partial charge in [-0.2, -0.15) is 0 Å². The summed E-state index contributed by atoms with van der Waals surface area (Å²) in [4.78, 5) is 0.264. The van der Waals surface area contributed by atoms with Crippen molar-refractivity contribution in [1.29, 1.82) is 0 Å². The van der Waals surface area contributed by atoms with Crippen LogP contribution in [-0.2, 0) is 22.3 Å². The minimum Gasteiger partial charge on any atom is -0.485 e. The number of nitrogens with zero attached hydrogens (tertiary/aromatic N) is 4. The van der Waals surface area contributed by atoms with Crippen molar-refractivity contribution in [3.8, 4) is 11.5 Å². The molecule has 0 amide bonds. The molecular formula is C22H24N4O4S2. The van der Waals surface area contributed by atoms with E-state index in [1.807, 2.05) is 34.9 Å². The Bertz CT molecular complexity index is 1220. The van der Waals surface area contributed by atoms with Gasteiger partial charge in [0.2, 0.25) is 10.0 Å². The van der Waals surface area contributed by atoms with Gasteiger partial charge in [-0.3, -0.25) is 4.57 Å². The monoisotopic (exact) mass is 472 g/mol. The summed E-state index contributed by atoms with van der Waals surface area (Å²) in [5, 5.41) is 9.40. The van der Waals surface area contributed by atoms with Gasteiger partial charge in [0.05, 0.1) is 4.90 Å². The molecule has 32 heavy (non-hydrogen) atoms. The Labute approximate surface area is 191 Å². The predicted molar refractivity (Wildman–Crippen MR) is 122 cm³/mol. The number of rotatable bonds is 8. The van der Waals surface area contributed by atoms with E-state index in [2.05, 4.69) is 16.8 Å². The topological polar surface area (TPSA) is 86.6 Å². The fourth-order valence-corrected chi connectivity index (χ4v) is 5.12. The molecule has 2 aromatic carbocycles. The maximum Gasteiger partial charge on any atom is 0.242 e. The van der Waals surface area contributed by atoms with Crippen LogP contribution < -0.4 is 9.47 Å². The molecule has 4 rings (SSSR count). The van der Waals surface area contributed by atoms with Gasteiger partial charge in [0.25, 0.3) is 0 Å². The van der Waals surface area contributed by atoms with Crippen LogP contribution in [0.25, 0.3) is 0 Å². The molecule has 1 unspecified atom stereocenters. The van der Waals surface area contributed by atoms with E-state index in [-0.39, 0.29) is 11.0 Å². The van der Waals surface area contributed by atoms with Crippen LogP contribution in [-0.4, -0.2) is 48.2 Å². The molecule has 0 aliphatic carbocycles. The molecule has 0 N–H and O–H groups in total. The Morgan fingerprint density at radius 2 is 1.97 bits per heavy atom. The number of aromatic nitrogens is 3. The van der Waals surface area contributed by atoms with Crippen molar-refractivity contribution in [2.24, 2.45) is 0 Å². The quantitative estimate of drug-likeness (QED) is 0.366. The number of fused-ring (bicyclic) bond motifs is 1.